The second-order valence-electron chi connectivity index (χ2n) is 5.67. The van der Waals surface area contributed by atoms with E-state index in [9.17, 15) is 9.59 Å². The van der Waals surface area contributed by atoms with E-state index in [2.05, 4.69) is 5.32 Å². The summed E-state index contributed by atoms with van der Waals surface area (Å²) < 4.78 is 0. The Bertz CT molecular complexity index is 514. The summed E-state index contributed by atoms with van der Waals surface area (Å²) in [6.45, 7) is 5.77. The van der Waals surface area contributed by atoms with Crippen LogP contribution in [0.1, 0.15) is 37.8 Å². The zero-order valence-corrected chi connectivity index (χ0v) is 13.4. The highest BCUT2D eigenvalue weighted by molar-refractivity contribution is 6.31. The van der Waals surface area contributed by atoms with Crippen molar-refractivity contribution < 1.29 is 14.7 Å². The number of benzene rings is 1. The van der Waals surface area contributed by atoms with Crippen molar-refractivity contribution in [2.75, 3.05) is 0 Å². The van der Waals surface area contributed by atoms with Crippen molar-refractivity contribution in [2.45, 2.75) is 46.1 Å². The van der Waals surface area contributed by atoms with Crippen molar-refractivity contribution in [2.24, 2.45) is 5.92 Å². The average molecular weight is 312 g/mol. The molecule has 1 atom stereocenters. The molecule has 1 rings (SSSR count). The molecule has 0 aliphatic heterocycles. The Balaban J connectivity index is 2.52. The molecule has 0 bridgehead atoms. The predicted octanol–water partition coefficient (Wildman–Crippen LogP) is 3.20. The quantitative estimate of drug-likeness (QED) is 0.812. The lowest BCUT2D eigenvalue weighted by atomic mass is 10.0. The number of hydrogen-bond acceptors (Lipinski definition) is 2. The Morgan fingerprint density at radius 1 is 1.33 bits per heavy atom. The fourth-order valence-electron chi connectivity index (χ4n) is 2.01. The molecular weight excluding hydrogens is 290 g/mol. The van der Waals surface area contributed by atoms with Crippen LogP contribution in [0, 0.1) is 12.8 Å². The zero-order valence-electron chi connectivity index (χ0n) is 12.6. The molecule has 0 aromatic heterocycles. The largest absolute Gasteiger partial charge is 0.480 e. The van der Waals surface area contributed by atoms with E-state index in [0.717, 1.165) is 11.1 Å². The van der Waals surface area contributed by atoms with Gasteiger partial charge in [-0.05, 0) is 42.9 Å². The molecule has 0 heterocycles. The van der Waals surface area contributed by atoms with E-state index in [1.54, 1.807) is 0 Å². The lowest BCUT2D eigenvalue weighted by molar-refractivity contribution is -0.142. The van der Waals surface area contributed by atoms with Gasteiger partial charge >= 0.3 is 5.97 Å². The average Bonchev–Trinajstić information content (AvgIpc) is 2.38. The van der Waals surface area contributed by atoms with Crippen LogP contribution < -0.4 is 5.32 Å². The van der Waals surface area contributed by atoms with Crippen LogP contribution in [0.4, 0.5) is 0 Å². The van der Waals surface area contributed by atoms with Gasteiger partial charge in [0.05, 0.1) is 0 Å². The highest BCUT2D eigenvalue weighted by Crippen LogP contribution is 2.17. The number of aliphatic carboxylic acids is 1. The molecule has 0 aliphatic rings. The molecule has 0 saturated heterocycles. The molecule has 0 aliphatic carbocycles. The van der Waals surface area contributed by atoms with Crippen LogP contribution in [0.15, 0.2) is 18.2 Å². The van der Waals surface area contributed by atoms with Crippen LogP contribution in [0.5, 0.6) is 0 Å². The Hall–Kier alpha value is -1.55. The number of carbonyl (C=O) groups excluding carboxylic acids is 1. The molecule has 2 N–H and O–H groups in total. The van der Waals surface area contributed by atoms with E-state index >= 15 is 0 Å². The summed E-state index contributed by atoms with van der Waals surface area (Å²) in [6, 6.07) is 4.86. The minimum absolute atomic E-state index is 0.210. The summed E-state index contributed by atoms with van der Waals surface area (Å²) >= 11 is 6.03. The number of aryl methyl sites for hydroxylation is 2. The first-order valence-electron chi connectivity index (χ1n) is 7.06. The molecule has 1 aromatic rings. The van der Waals surface area contributed by atoms with Crippen LogP contribution in [-0.4, -0.2) is 23.0 Å². The number of halogens is 1. The lowest BCUT2D eigenvalue weighted by Crippen LogP contribution is -2.41. The number of hydrogen-bond donors (Lipinski definition) is 2. The van der Waals surface area contributed by atoms with Crippen LogP contribution in [0.3, 0.4) is 0 Å². The third-order valence-electron chi connectivity index (χ3n) is 3.22. The van der Waals surface area contributed by atoms with Crippen molar-refractivity contribution in [3.8, 4) is 0 Å². The molecule has 4 nitrogen and oxygen atoms in total. The highest BCUT2D eigenvalue weighted by Gasteiger charge is 2.20. The smallest absolute Gasteiger partial charge is 0.326 e. The number of nitrogens with one attached hydrogen (secondary N) is 1. The van der Waals surface area contributed by atoms with Gasteiger partial charge in [0.15, 0.2) is 0 Å². The first kappa shape index (κ1) is 17.5. The van der Waals surface area contributed by atoms with E-state index in [1.807, 2.05) is 39.0 Å². The molecular formula is C16H22ClNO3. The van der Waals surface area contributed by atoms with Crippen LogP contribution in [0.2, 0.25) is 5.02 Å². The SMILES string of the molecule is Cc1ccc(CCC(=O)N[C@H](CC(C)C)C(=O)O)cc1Cl. The lowest BCUT2D eigenvalue weighted by Gasteiger charge is -2.16. The standard InChI is InChI=1S/C16H22ClNO3/c1-10(2)8-14(16(20)21)18-15(19)7-6-12-5-4-11(3)13(17)9-12/h4-5,9-10,14H,6-8H2,1-3H3,(H,18,19)(H,20,21)/t14-/m1/s1. The van der Waals surface area contributed by atoms with Gasteiger partial charge in [-0.1, -0.05) is 37.6 Å². The van der Waals surface area contributed by atoms with E-state index in [0.29, 0.717) is 17.9 Å². The van der Waals surface area contributed by atoms with Crippen molar-refractivity contribution in [1.82, 2.24) is 5.32 Å². The number of carbonyl (C=O) groups is 2. The summed E-state index contributed by atoms with van der Waals surface area (Å²) in [4.78, 5) is 23.0. The predicted molar refractivity (Wildman–Crippen MR) is 83.5 cm³/mol. The summed E-state index contributed by atoms with van der Waals surface area (Å²) in [6.07, 6.45) is 1.22. The normalized spacial score (nSPS) is 12.2. The molecule has 0 fully saturated rings. The second-order valence-corrected chi connectivity index (χ2v) is 6.08. The monoisotopic (exact) mass is 311 g/mol. The van der Waals surface area contributed by atoms with Gasteiger partial charge in [0.25, 0.3) is 0 Å². The minimum atomic E-state index is -0.990. The molecule has 1 aromatic carbocycles. The third kappa shape index (κ3) is 6.17. The summed E-state index contributed by atoms with van der Waals surface area (Å²) in [5.41, 5.74) is 1.96. The van der Waals surface area contributed by atoms with E-state index in [-0.39, 0.29) is 18.2 Å². The van der Waals surface area contributed by atoms with Crippen LogP contribution in [-0.2, 0) is 16.0 Å². The van der Waals surface area contributed by atoms with E-state index < -0.39 is 12.0 Å². The summed E-state index contributed by atoms with van der Waals surface area (Å²) in [5, 5.41) is 12.3. The van der Waals surface area contributed by atoms with Gasteiger partial charge in [-0.15, -0.1) is 0 Å². The molecule has 21 heavy (non-hydrogen) atoms. The number of carboxylic acids is 1. The third-order valence-corrected chi connectivity index (χ3v) is 3.62. The maximum atomic E-state index is 11.9. The number of amides is 1. The maximum absolute atomic E-state index is 11.9. The number of carboxylic acid groups (broad SMARTS) is 1. The maximum Gasteiger partial charge on any atom is 0.326 e. The van der Waals surface area contributed by atoms with Crippen molar-refractivity contribution in [3.63, 3.8) is 0 Å². The Kier molecular flexibility index (Phi) is 6.69. The Labute approximate surface area is 130 Å². The molecule has 0 spiro atoms. The van der Waals surface area contributed by atoms with Gasteiger partial charge in [-0.25, -0.2) is 4.79 Å². The van der Waals surface area contributed by atoms with Gasteiger partial charge in [0, 0.05) is 11.4 Å². The first-order chi connectivity index (χ1) is 9.79. The summed E-state index contributed by atoms with van der Waals surface area (Å²) in [7, 11) is 0. The zero-order chi connectivity index (χ0) is 16.0. The van der Waals surface area contributed by atoms with E-state index in [1.165, 1.54) is 0 Å². The van der Waals surface area contributed by atoms with Gasteiger partial charge in [-0.3, -0.25) is 4.79 Å². The van der Waals surface area contributed by atoms with Crippen molar-refractivity contribution >= 4 is 23.5 Å². The Morgan fingerprint density at radius 2 is 2.00 bits per heavy atom. The molecule has 0 unspecified atom stereocenters. The highest BCUT2D eigenvalue weighted by atomic mass is 35.5. The minimum Gasteiger partial charge on any atom is -0.480 e. The van der Waals surface area contributed by atoms with Crippen LogP contribution >= 0.6 is 11.6 Å². The topological polar surface area (TPSA) is 66.4 Å². The van der Waals surface area contributed by atoms with Crippen molar-refractivity contribution in [3.05, 3.63) is 34.3 Å². The molecule has 5 heteroatoms. The molecule has 116 valence electrons. The number of rotatable bonds is 7. The Morgan fingerprint density at radius 3 is 2.52 bits per heavy atom. The van der Waals surface area contributed by atoms with Crippen molar-refractivity contribution in [1.29, 1.82) is 0 Å². The van der Waals surface area contributed by atoms with Crippen LogP contribution in [0.25, 0.3) is 0 Å². The fourth-order valence-corrected chi connectivity index (χ4v) is 2.21. The van der Waals surface area contributed by atoms with E-state index in [4.69, 9.17) is 16.7 Å². The fraction of sp³-hybridized carbons (Fsp3) is 0.500. The first-order valence-corrected chi connectivity index (χ1v) is 7.44. The molecule has 0 saturated carbocycles. The van der Waals surface area contributed by atoms with Gasteiger partial charge in [0.1, 0.15) is 6.04 Å². The molecule has 0 radical (unpaired) electrons. The molecule has 1 amide bonds. The van der Waals surface area contributed by atoms with Gasteiger partial charge in [0.2, 0.25) is 5.91 Å². The second kappa shape index (κ2) is 8.03. The summed E-state index contributed by atoms with van der Waals surface area (Å²) in [5.74, 6) is -1.03. The van der Waals surface area contributed by atoms with Gasteiger partial charge in [-0.2, -0.15) is 0 Å². The van der Waals surface area contributed by atoms with Gasteiger partial charge < -0.3 is 10.4 Å².